The monoisotopic (exact) mass is 160 g/mol. The summed E-state index contributed by atoms with van der Waals surface area (Å²) < 4.78 is -0.0830. The minimum atomic E-state index is -0.0830. The highest BCUT2D eigenvalue weighted by atomic mass is 27.0. The van der Waals surface area contributed by atoms with Crippen molar-refractivity contribution in [1.82, 2.24) is 0 Å². The van der Waals surface area contributed by atoms with E-state index in [-0.39, 0.29) is 4.28 Å². The summed E-state index contributed by atoms with van der Waals surface area (Å²) in [7, 11) is 0. The van der Waals surface area contributed by atoms with Crippen LogP contribution in [0.5, 0.6) is 0 Å². The molecule has 11 heavy (non-hydrogen) atoms. The van der Waals surface area contributed by atoms with Gasteiger partial charge in [0.15, 0.2) is 0 Å². The summed E-state index contributed by atoms with van der Waals surface area (Å²) in [5.41, 5.74) is 0.853. The van der Waals surface area contributed by atoms with Crippen LogP contribution in [0.25, 0.3) is 0 Å². The van der Waals surface area contributed by atoms with Crippen molar-refractivity contribution in [2.24, 2.45) is 0 Å². The van der Waals surface area contributed by atoms with Gasteiger partial charge in [0.2, 0.25) is 16.3 Å². The lowest BCUT2D eigenvalue weighted by Crippen LogP contribution is -2.13. The minimum Gasteiger partial charge on any atom is -0.199 e. The van der Waals surface area contributed by atoms with Gasteiger partial charge in [0.05, 0.1) is 12.1 Å². The molecule has 0 aromatic carbocycles. The zero-order chi connectivity index (χ0) is 8.32. The third-order valence-electron chi connectivity index (χ3n) is 2.16. The molecule has 0 fully saturated rings. The normalized spacial score (nSPS) is 29.8. The predicted octanol–water partition coefficient (Wildman–Crippen LogP) is 0.936. The van der Waals surface area contributed by atoms with E-state index in [1.807, 2.05) is 6.08 Å². The molecule has 2 nitrogen and oxygen atoms in total. The van der Waals surface area contributed by atoms with Crippen molar-refractivity contribution >= 4 is 16.3 Å². The molecule has 0 aliphatic heterocycles. The van der Waals surface area contributed by atoms with Gasteiger partial charge in [0, 0.05) is 9.85 Å². The lowest BCUT2D eigenvalue weighted by atomic mass is 9.90. The Morgan fingerprint density at radius 1 is 1.55 bits per heavy atom. The summed E-state index contributed by atoms with van der Waals surface area (Å²) in [6.45, 7) is 0. The molecule has 0 spiro atoms. The van der Waals surface area contributed by atoms with Crippen LogP contribution in [0.1, 0.15) is 19.3 Å². The smallest absolute Gasteiger partial charge is 0.199 e. The lowest BCUT2D eigenvalue weighted by Gasteiger charge is -2.23. The summed E-state index contributed by atoms with van der Waals surface area (Å²) in [4.78, 5) is 0. The topological polar surface area (TPSA) is 47.6 Å². The molecule has 0 bridgehead atoms. The fraction of sp³-hybridized carbons (Fsp3) is 0.500. The van der Waals surface area contributed by atoms with E-state index in [4.69, 9.17) is 10.5 Å². The Morgan fingerprint density at radius 3 is 2.64 bits per heavy atom. The van der Waals surface area contributed by atoms with Crippen molar-refractivity contribution in [2.75, 3.05) is 0 Å². The predicted molar refractivity (Wildman–Crippen MR) is 44.4 cm³/mol. The van der Waals surface area contributed by atoms with Crippen LogP contribution in [0.4, 0.5) is 0 Å². The summed E-state index contributed by atoms with van der Waals surface area (Å²) in [6, 6.07) is 4.47. The van der Waals surface area contributed by atoms with Gasteiger partial charge in [-0.3, -0.25) is 0 Å². The van der Waals surface area contributed by atoms with Gasteiger partial charge in [-0.05, 0) is 19.3 Å². The fourth-order valence-electron chi connectivity index (χ4n) is 1.17. The first kappa shape index (κ1) is 8.35. The van der Waals surface area contributed by atoms with Crippen LogP contribution < -0.4 is 0 Å². The van der Waals surface area contributed by atoms with E-state index >= 15 is 0 Å². The average molecular weight is 160 g/mol. The summed E-state index contributed by atoms with van der Waals surface area (Å²) in [6.07, 6.45) is 4.39. The molecule has 1 aliphatic carbocycles. The molecule has 1 unspecified atom stereocenters. The molecule has 54 valence electrons. The van der Waals surface area contributed by atoms with Crippen LogP contribution in [-0.4, -0.2) is 16.3 Å². The van der Waals surface area contributed by atoms with E-state index in [1.165, 1.54) is 0 Å². The van der Waals surface area contributed by atoms with Crippen molar-refractivity contribution < 1.29 is 0 Å². The van der Waals surface area contributed by atoms with Crippen molar-refractivity contribution in [3.8, 4) is 12.1 Å². The number of rotatable bonds is 0. The van der Waals surface area contributed by atoms with Crippen LogP contribution in [-0.2, 0) is 0 Å². The quantitative estimate of drug-likeness (QED) is 0.495. The van der Waals surface area contributed by atoms with Crippen molar-refractivity contribution in [3.05, 3.63) is 11.6 Å². The van der Waals surface area contributed by atoms with Crippen LogP contribution in [0.2, 0.25) is 4.28 Å². The average Bonchev–Trinajstić information content (AvgIpc) is 2.06. The van der Waals surface area contributed by atoms with Crippen molar-refractivity contribution in [2.45, 2.75) is 23.5 Å². The van der Waals surface area contributed by atoms with Gasteiger partial charge in [-0.1, -0.05) is 6.08 Å². The number of allylic oxidation sites excluding steroid dienone is 2. The fourth-order valence-corrected chi connectivity index (χ4v) is 1.62. The second-order valence-electron chi connectivity index (χ2n) is 3.22. The maximum absolute atomic E-state index is 8.78. The molecule has 0 aromatic rings. The van der Waals surface area contributed by atoms with Gasteiger partial charge in [0.1, 0.15) is 0 Å². The zero-order valence-corrected chi connectivity index (χ0v) is 8.59. The van der Waals surface area contributed by atoms with Crippen molar-refractivity contribution in [3.63, 3.8) is 0 Å². The lowest BCUT2D eigenvalue weighted by molar-refractivity contribution is 0.609. The van der Waals surface area contributed by atoms with Gasteiger partial charge in [-0.25, -0.2) is 0 Å². The first-order chi connectivity index (χ1) is 5.20. The molecule has 1 aliphatic rings. The number of hydrogen-bond acceptors (Lipinski definition) is 2. The second kappa shape index (κ2) is 3.10. The van der Waals surface area contributed by atoms with Crippen LogP contribution in [0.15, 0.2) is 11.6 Å². The molecule has 1 rings (SSSR count). The highest BCUT2D eigenvalue weighted by molar-refractivity contribution is 6.17. The molecular formula is C8H9AlN2. The summed E-state index contributed by atoms with van der Waals surface area (Å²) >= 11 is 0.909. The number of hydrogen-bond donors (Lipinski definition) is 0. The molecule has 0 heterocycles. The Bertz CT molecular complexity index is 269. The van der Waals surface area contributed by atoms with Crippen LogP contribution in [0, 0.1) is 22.7 Å². The first-order valence-corrected chi connectivity index (χ1v) is 4.70. The Hall–Kier alpha value is -0.748. The van der Waals surface area contributed by atoms with E-state index in [0.717, 1.165) is 41.1 Å². The number of nitrogens with zero attached hydrogens (tertiary/aromatic N) is 2. The zero-order valence-electron chi connectivity index (χ0n) is 6.59. The van der Waals surface area contributed by atoms with E-state index < -0.39 is 0 Å². The molecule has 0 amide bonds. The Kier molecular flexibility index (Phi) is 2.35. The molecule has 0 saturated carbocycles. The molecule has 0 saturated heterocycles. The molecule has 0 aromatic heterocycles. The molecular weight excluding hydrogens is 151 g/mol. The third-order valence-corrected chi connectivity index (χ3v) is 3.29. The maximum atomic E-state index is 8.78. The Morgan fingerprint density at radius 2 is 2.27 bits per heavy atom. The van der Waals surface area contributed by atoms with Gasteiger partial charge >= 0.3 is 0 Å². The Labute approximate surface area is 74.5 Å². The van der Waals surface area contributed by atoms with E-state index in [0.29, 0.717) is 0 Å². The first-order valence-electron chi connectivity index (χ1n) is 3.70. The minimum absolute atomic E-state index is 0.0830. The van der Waals surface area contributed by atoms with E-state index in [1.54, 1.807) is 0 Å². The largest absolute Gasteiger partial charge is 0.245 e. The van der Waals surface area contributed by atoms with Gasteiger partial charge in [0.25, 0.3) is 0 Å². The van der Waals surface area contributed by atoms with Gasteiger partial charge < -0.3 is 0 Å². The number of nitriles is 2. The highest BCUT2D eigenvalue weighted by Gasteiger charge is 2.25. The Balaban J connectivity index is 2.72. The maximum Gasteiger partial charge on any atom is 0.245 e. The third kappa shape index (κ3) is 1.84. The molecule has 1 atom stereocenters. The highest BCUT2D eigenvalue weighted by Crippen LogP contribution is 2.37. The summed E-state index contributed by atoms with van der Waals surface area (Å²) in [5, 5.41) is 17.3. The van der Waals surface area contributed by atoms with Crippen molar-refractivity contribution in [1.29, 1.82) is 10.5 Å². The standard InChI is InChI=1S/C8H7N2.Al.2H/c9-5-7-1-2-8(6-10)4-3-7;;;/h1H,2-4H2;;;. The van der Waals surface area contributed by atoms with Gasteiger partial charge in [-0.2, -0.15) is 10.5 Å². The molecule has 3 heteroatoms. The van der Waals surface area contributed by atoms with Crippen LogP contribution in [0.3, 0.4) is 0 Å². The van der Waals surface area contributed by atoms with Crippen LogP contribution >= 0.6 is 0 Å². The summed E-state index contributed by atoms with van der Waals surface area (Å²) in [5.74, 6) is 0. The molecule has 0 N–H and O–H groups in total. The second-order valence-corrected chi connectivity index (χ2v) is 5.13. The van der Waals surface area contributed by atoms with Gasteiger partial charge in [-0.15, -0.1) is 0 Å². The van der Waals surface area contributed by atoms with E-state index in [2.05, 4.69) is 12.1 Å². The molecule has 0 radical (unpaired) electrons. The SMILES string of the molecule is N#CC1=CC[C]([AlH2])(C#N)CC1. The van der Waals surface area contributed by atoms with E-state index in [9.17, 15) is 0 Å².